The molecule has 1 aliphatic rings. The van der Waals surface area contributed by atoms with Crippen LogP contribution in [0.3, 0.4) is 0 Å². The molecule has 1 atom stereocenters. The van der Waals surface area contributed by atoms with Gasteiger partial charge in [0.1, 0.15) is 12.4 Å². The lowest BCUT2D eigenvalue weighted by molar-refractivity contribution is -0.130. The fourth-order valence-corrected chi connectivity index (χ4v) is 2.42. The highest BCUT2D eigenvalue weighted by atomic mass is 16.5. The molecule has 1 heterocycles. The van der Waals surface area contributed by atoms with Crippen LogP contribution in [0.5, 0.6) is 5.75 Å². The lowest BCUT2D eigenvalue weighted by Gasteiger charge is -2.18. The first kappa shape index (κ1) is 14.9. The van der Waals surface area contributed by atoms with Gasteiger partial charge >= 0.3 is 0 Å². The molecule has 1 fully saturated rings. The Morgan fingerprint density at radius 2 is 2.20 bits per heavy atom. The molecule has 0 radical (unpaired) electrons. The average molecular weight is 276 g/mol. The normalized spacial score (nSPS) is 17.9. The minimum Gasteiger partial charge on any atom is -0.492 e. The fourth-order valence-electron chi connectivity index (χ4n) is 2.42. The van der Waals surface area contributed by atoms with Gasteiger partial charge < -0.3 is 15.0 Å². The van der Waals surface area contributed by atoms with Crippen molar-refractivity contribution < 1.29 is 9.53 Å². The Labute approximate surface area is 121 Å². The number of amides is 1. The van der Waals surface area contributed by atoms with Crippen molar-refractivity contribution in [3.8, 4) is 5.75 Å². The molecule has 0 saturated carbocycles. The van der Waals surface area contributed by atoms with Crippen LogP contribution in [-0.2, 0) is 4.79 Å². The predicted octanol–water partition coefficient (Wildman–Crippen LogP) is 1.91. The van der Waals surface area contributed by atoms with Gasteiger partial charge in [0.2, 0.25) is 5.91 Å². The van der Waals surface area contributed by atoms with Gasteiger partial charge in [0.05, 0.1) is 6.54 Å². The molecule has 1 aromatic rings. The number of nitrogens with zero attached hydrogens (tertiary/aromatic N) is 1. The molecule has 0 aromatic heterocycles. The first-order valence-corrected chi connectivity index (χ1v) is 7.38. The van der Waals surface area contributed by atoms with Crippen LogP contribution in [0, 0.1) is 5.92 Å². The first-order valence-electron chi connectivity index (χ1n) is 7.38. The molecule has 1 amide bonds. The predicted molar refractivity (Wildman–Crippen MR) is 79.8 cm³/mol. The highest BCUT2D eigenvalue weighted by Gasteiger charge is 2.17. The Hall–Kier alpha value is -1.55. The number of hydrogen-bond donors (Lipinski definition) is 1. The summed E-state index contributed by atoms with van der Waals surface area (Å²) in [7, 11) is 1.85. The summed E-state index contributed by atoms with van der Waals surface area (Å²) in [6.45, 7) is 3.33. The van der Waals surface area contributed by atoms with Crippen LogP contribution in [0.15, 0.2) is 30.3 Å². The standard InChI is InChI=1S/C16H24N2O2/c1-18(11-12-20-15-5-3-2-4-6-15)16(19)8-7-14-9-10-17-13-14/h2-6,14,17H,7-13H2,1H3. The zero-order valence-electron chi connectivity index (χ0n) is 12.2. The van der Waals surface area contributed by atoms with Crippen molar-refractivity contribution in [1.29, 1.82) is 0 Å². The Morgan fingerprint density at radius 3 is 2.90 bits per heavy atom. The Balaban J connectivity index is 1.61. The summed E-state index contributed by atoms with van der Waals surface area (Å²) in [5, 5.41) is 3.33. The SMILES string of the molecule is CN(CCOc1ccccc1)C(=O)CCC1CCNC1. The van der Waals surface area contributed by atoms with E-state index in [-0.39, 0.29) is 5.91 Å². The highest BCUT2D eigenvalue weighted by molar-refractivity contribution is 5.75. The van der Waals surface area contributed by atoms with E-state index in [0.29, 0.717) is 25.5 Å². The maximum Gasteiger partial charge on any atom is 0.222 e. The summed E-state index contributed by atoms with van der Waals surface area (Å²) < 4.78 is 5.60. The largest absolute Gasteiger partial charge is 0.492 e. The number of ether oxygens (including phenoxy) is 1. The summed E-state index contributed by atoms with van der Waals surface area (Å²) in [6, 6.07) is 9.70. The summed E-state index contributed by atoms with van der Waals surface area (Å²) in [5.41, 5.74) is 0. The van der Waals surface area contributed by atoms with Gasteiger partial charge in [-0.1, -0.05) is 18.2 Å². The Morgan fingerprint density at radius 1 is 1.40 bits per heavy atom. The number of rotatable bonds is 7. The lowest BCUT2D eigenvalue weighted by Crippen LogP contribution is -2.31. The van der Waals surface area contributed by atoms with Crippen molar-refractivity contribution >= 4 is 5.91 Å². The first-order chi connectivity index (χ1) is 9.75. The molecule has 1 aliphatic heterocycles. The molecule has 1 N–H and O–H groups in total. The molecule has 2 rings (SSSR count). The molecule has 4 nitrogen and oxygen atoms in total. The van der Waals surface area contributed by atoms with E-state index in [0.717, 1.165) is 25.3 Å². The zero-order valence-corrected chi connectivity index (χ0v) is 12.2. The molecule has 1 saturated heterocycles. The van der Waals surface area contributed by atoms with Gasteiger partial charge in [0.15, 0.2) is 0 Å². The van der Waals surface area contributed by atoms with Crippen LogP contribution < -0.4 is 10.1 Å². The van der Waals surface area contributed by atoms with Gasteiger partial charge in [-0.15, -0.1) is 0 Å². The molecular weight excluding hydrogens is 252 g/mol. The van der Waals surface area contributed by atoms with Crippen LogP contribution in [-0.4, -0.2) is 44.1 Å². The number of carbonyl (C=O) groups excluding carboxylic acids is 1. The van der Waals surface area contributed by atoms with Gasteiger partial charge in [-0.3, -0.25) is 4.79 Å². The molecular formula is C16H24N2O2. The highest BCUT2D eigenvalue weighted by Crippen LogP contribution is 2.15. The number of likely N-dealkylation sites (N-methyl/N-ethyl adjacent to an activating group) is 1. The topological polar surface area (TPSA) is 41.6 Å². The second-order valence-electron chi connectivity index (χ2n) is 5.37. The summed E-state index contributed by atoms with van der Waals surface area (Å²) in [6.07, 6.45) is 2.85. The van der Waals surface area contributed by atoms with E-state index in [1.807, 2.05) is 37.4 Å². The number of carbonyl (C=O) groups is 1. The van der Waals surface area contributed by atoms with E-state index < -0.39 is 0 Å². The van der Waals surface area contributed by atoms with Crippen molar-refractivity contribution in [3.05, 3.63) is 30.3 Å². The van der Waals surface area contributed by atoms with Crippen molar-refractivity contribution in [2.75, 3.05) is 33.3 Å². The van der Waals surface area contributed by atoms with E-state index in [2.05, 4.69) is 5.32 Å². The van der Waals surface area contributed by atoms with E-state index in [1.165, 1.54) is 6.42 Å². The van der Waals surface area contributed by atoms with Gasteiger partial charge in [0, 0.05) is 13.5 Å². The maximum atomic E-state index is 12.0. The third kappa shape index (κ3) is 4.85. The van der Waals surface area contributed by atoms with Crippen molar-refractivity contribution in [2.24, 2.45) is 5.92 Å². The van der Waals surface area contributed by atoms with Gasteiger partial charge in [-0.25, -0.2) is 0 Å². The van der Waals surface area contributed by atoms with Gasteiger partial charge in [-0.05, 0) is 44.0 Å². The molecule has 0 aliphatic carbocycles. The maximum absolute atomic E-state index is 12.0. The van der Waals surface area contributed by atoms with Gasteiger partial charge in [-0.2, -0.15) is 0 Å². The molecule has 0 bridgehead atoms. The molecule has 0 spiro atoms. The molecule has 1 unspecified atom stereocenters. The van der Waals surface area contributed by atoms with E-state index in [4.69, 9.17) is 4.74 Å². The number of benzene rings is 1. The van der Waals surface area contributed by atoms with Crippen molar-refractivity contribution in [2.45, 2.75) is 19.3 Å². The number of nitrogens with one attached hydrogen (secondary N) is 1. The van der Waals surface area contributed by atoms with Crippen molar-refractivity contribution in [1.82, 2.24) is 10.2 Å². The molecule has 20 heavy (non-hydrogen) atoms. The van der Waals surface area contributed by atoms with E-state index >= 15 is 0 Å². The second-order valence-corrected chi connectivity index (χ2v) is 5.37. The summed E-state index contributed by atoms with van der Waals surface area (Å²) in [5.74, 6) is 1.74. The summed E-state index contributed by atoms with van der Waals surface area (Å²) >= 11 is 0. The number of hydrogen-bond acceptors (Lipinski definition) is 3. The minimum absolute atomic E-state index is 0.216. The molecule has 1 aromatic carbocycles. The zero-order chi connectivity index (χ0) is 14.2. The fraction of sp³-hybridized carbons (Fsp3) is 0.562. The monoisotopic (exact) mass is 276 g/mol. The molecule has 110 valence electrons. The quantitative estimate of drug-likeness (QED) is 0.827. The van der Waals surface area contributed by atoms with E-state index in [1.54, 1.807) is 4.90 Å². The molecule has 4 heteroatoms. The minimum atomic E-state index is 0.216. The smallest absolute Gasteiger partial charge is 0.222 e. The lowest BCUT2D eigenvalue weighted by atomic mass is 10.0. The van der Waals surface area contributed by atoms with Crippen LogP contribution in [0.2, 0.25) is 0 Å². The van der Waals surface area contributed by atoms with Crippen molar-refractivity contribution in [3.63, 3.8) is 0 Å². The van der Waals surface area contributed by atoms with Crippen LogP contribution in [0.25, 0.3) is 0 Å². The van der Waals surface area contributed by atoms with Crippen LogP contribution in [0.4, 0.5) is 0 Å². The Kier molecular flexibility index (Phi) is 5.87. The van der Waals surface area contributed by atoms with E-state index in [9.17, 15) is 4.79 Å². The third-order valence-corrected chi connectivity index (χ3v) is 3.79. The number of para-hydroxylation sites is 1. The third-order valence-electron chi connectivity index (χ3n) is 3.79. The van der Waals surface area contributed by atoms with Crippen LogP contribution >= 0.6 is 0 Å². The van der Waals surface area contributed by atoms with Crippen LogP contribution in [0.1, 0.15) is 19.3 Å². The summed E-state index contributed by atoms with van der Waals surface area (Å²) in [4.78, 5) is 13.8. The average Bonchev–Trinajstić information content (AvgIpc) is 2.99. The second kappa shape index (κ2) is 7.90. The van der Waals surface area contributed by atoms with Gasteiger partial charge in [0.25, 0.3) is 0 Å². The Bertz CT molecular complexity index is 402.